The molecule has 1 N–H and O–H groups in total. The average molecular weight is 327 g/mol. The van der Waals surface area contributed by atoms with Gasteiger partial charge in [0, 0.05) is 23.0 Å². The van der Waals surface area contributed by atoms with Gasteiger partial charge in [-0.25, -0.2) is 4.98 Å². The highest BCUT2D eigenvalue weighted by Crippen LogP contribution is 2.33. The van der Waals surface area contributed by atoms with Crippen molar-refractivity contribution in [2.24, 2.45) is 0 Å². The van der Waals surface area contributed by atoms with Crippen LogP contribution in [0.2, 0.25) is 1.41 Å². The van der Waals surface area contributed by atoms with Crippen LogP contribution in [0.1, 0.15) is 54.6 Å². The number of hydrogen-bond donors (Lipinski definition) is 1. The van der Waals surface area contributed by atoms with Crippen molar-refractivity contribution in [2.45, 2.75) is 67.3 Å². The zero-order valence-electron chi connectivity index (χ0n) is 17.0. The maximum Gasteiger partial charge on any atom is 0.224 e. The van der Waals surface area contributed by atoms with Gasteiger partial charge in [-0.3, -0.25) is 0 Å². The number of ether oxygens (including phenoxy) is 1. The average Bonchev–Trinajstić information content (AvgIpc) is 2.54. The van der Waals surface area contributed by atoms with Crippen molar-refractivity contribution >= 4 is 5.69 Å². The third-order valence-electron chi connectivity index (χ3n) is 4.40. The normalized spacial score (nSPS) is 11.6. The summed E-state index contributed by atoms with van der Waals surface area (Å²) < 4.78 is 14.8. The largest absolute Gasteiger partial charge is 0.438 e. The lowest BCUT2D eigenvalue weighted by Gasteiger charge is -2.20. The minimum absolute atomic E-state index is 0.191. The predicted molar refractivity (Wildman–Crippen MR) is 102 cm³/mol. The molecule has 1 aromatic heterocycles. The first kappa shape index (κ1) is 16.8. The molecule has 3 nitrogen and oxygen atoms in total. The van der Waals surface area contributed by atoms with Crippen molar-refractivity contribution in [2.75, 3.05) is 5.31 Å². The van der Waals surface area contributed by atoms with Crippen molar-refractivity contribution in [1.82, 2.24) is 4.98 Å². The molecule has 1 heterocycles. The molecule has 0 saturated carbocycles. The van der Waals surface area contributed by atoms with Crippen LogP contribution < -0.4 is 10.0 Å². The lowest BCUT2D eigenvalue weighted by molar-refractivity contribution is 0.451. The van der Waals surface area contributed by atoms with Gasteiger partial charge in [-0.2, -0.15) is 0 Å². The van der Waals surface area contributed by atoms with E-state index in [1.165, 1.54) is 5.56 Å². The molecule has 0 atom stereocenters. The summed E-state index contributed by atoms with van der Waals surface area (Å²) in [6.07, 6.45) is 1.88. The molecule has 0 radical (unpaired) electrons. The Hall–Kier alpha value is -2.03. The maximum atomic E-state index is 8.55. The summed E-state index contributed by atoms with van der Waals surface area (Å²) in [4.78, 5) is 4.59. The number of aryl methyl sites for hydroxylation is 4. The second-order valence-corrected chi connectivity index (χ2v) is 6.64. The van der Waals surface area contributed by atoms with E-state index in [0.29, 0.717) is 5.88 Å². The number of pyridine rings is 1. The zero-order valence-corrected chi connectivity index (χ0v) is 16.0. The Labute approximate surface area is 147 Å². The van der Waals surface area contributed by atoms with Gasteiger partial charge >= 0.3 is 0 Å². The van der Waals surface area contributed by atoms with E-state index >= 15 is 0 Å². The molecule has 2 rings (SSSR count). The molecule has 0 saturated heterocycles. The van der Waals surface area contributed by atoms with Crippen LogP contribution in [0, 0.1) is 34.6 Å². The van der Waals surface area contributed by atoms with E-state index in [4.69, 9.17) is 6.15 Å². The second-order valence-electron chi connectivity index (χ2n) is 6.64. The molecule has 0 bridgehead atoms. The lowest BCUT2D eigenvalue weighted by atomic mass is 10.1. The molecule has 0 fully saturated rings. The molecule has 0 spiro atoms. The molecule has 2 aromatic rings. The SMILES string of the molecule is [2H]N(c1cc(C)nc(Oc2c(C)cc(C)cc2C)c1C)C(CC)CC. The van der Waals surface area contributed by atoms with Gasteiger partial charge < -0.3 is 10.0 Å². The summed E-state index contributed by atoms with van der Waals surface area (Å²) >= 11 is 0. The Morgan fingerprint density at radius 1 is 1.04 bits per heavy atom. The predicted octanol–water partition coefficient (Wildman–Crippen LogP) is 6.02. The van der Waals surface area contributed by atoms with Crippen molar-refractivity contribution in [3.63, 3.8) is 0 Å². The Bertz CT molecular complexity index is 731. The summed E-state index contributed by atoms with van der Waals surface area (Å²) in [7, 11) is 0. The van der Waals surface area contributed by atoms with Gasteiger partial charge in [0.05, 0.1) is 0 Å². The number of nitrogens with one attached hydrogen (secondary N) is 1. The first-order valence-corrected chi connectivity index (χ1v) is 8.80. The highest BCUT2D eigenvalue weighted by Gasteiger charge is 2.14. The Balaban J connectivity index is 2.47. The monoisotopic (exact) mass is 327 g/mol. The van der Waals surface area contributed by atoms with Crippen LogP contribution in [0.25, 0.3) is 0 Å². The molecule has 0 aliphatic carbocycles. The summed E-state index contributed by atoms with van der Waals surface area (Å²) in [6.45, 7) is 14.4. The van der Waals surface area contributed by atoms with Gasteiger partial charge in [0.2, 0.25) is 5.88 Å². The highest BCUT2D eigenvalue weighted by molar-refractivity contribution is 5.57. The minimum Gasteiger partial charge on any atom is -0.438 e. The first-order valence-electron chi connectivity index (χ1n) is 9.25. The topological polar surface area (TPSA) is 34.2 Å². The fraction of sp³-hybridized carbons (Fsp3) is 0.476. The van der Waals surface area contributed by atoms with E-state index in [9.17, 15) is 0 Å². The van der Waals surface area contributed by atoms with Crippen LogP contribution >= 0.6 is 0 Å². The van der Waals surface area contributed by atoms with Crippen LogP contribution in [0.5, 0.6) is 11.6 Å². The third kappa shape index (κ3) is 4.08. The van der Waals surface area contributed by atoms with E-state index in [0.717, 1.165) is 46.7 Å². The van der Waals surface area contributed by atoms with Crippen LogP contribution in [0.4, 0.5) is 5.69 Å². The van der Waals surface area contributed by atoms with E-state index < -0.39 is 0 Å². The lowest BCUT2D eigenvalue weighted by Crippen LogP contribution is -2.18. The zero-order chi connectivity index (χ0) is 18.7. The fourth-order valence-electron chi connectivity index (χ4n) is 3.02. The summed E-state index contributed by atoms with van der Waals surface area (Å²) in [6, 6.07) is 6.41. The van der Waals surface area contributed by atoms with E-state index in [2.05, 4.69) is 51.7 Å². The van der Waals surface area contributed by atoms with Gasteiger partial charge in [0.25, 0.3) is 0 Å². The Morgan fingerprint density at radius 3 is 2.17 bits per heavy atom. The molecule has 0 aliphatic heterocycles. The van der Waals surface area contributed by atoms with E-state index in [1.807, 2.05) is 19.9 Å². The van der Waals surface area contributed by atoms with Crippen molar-refractivity contribution in [3.05, 3.63) is 46.1 Å². The standard InChI is InChI=1S/C21H30N2O/c1-8-18(9-2)23-19-12-16(6)22-21(17(19)7)24-20-14(4)10-13(3)11-15(20)5/h10-12,18H,8-9H2,1-7H3,(H,22,23)/i/hD. The summed E-state index contributed by atoms with van der Waals surface area (Å²) in [5.41, 5.74) is 6.07. The smallest absolute Gasteiger partial charge is 0.224 e. The Morgan fingerprint density at radius 2 is 1.62 bits per heavy atom. The third-order valence-corrected chi connectivity index (χ3v) is 4.40. The summed E-state index contributed by atoms with van der Waals surface area (Å²) in [5.74, 6) is 1.45. The molecule has 0 aliphatic rings. The van der Waals surface area contributed by atoms with E-state index in [-0.39, 0.29) is 6.04 Å². The van der Waals surface area contributed by atoms with Crippen LogP contribution in [0.15, 0.2) is 18.2 Å². The summed E-state index contributed by atoms with van der Waals surface area (Å²) in [5, 5.41) is 1.62. The van der Waals surface area contributed by atoms with Gasteiger partial charge in [-0.05, 0) is 64.7 Å². The van der Waals surface area contributed by atoms with Crippen molar-refractivity contribution < 1.29 is 6.15 Å². The number of nitrogens with zero attached hydrogens (tertiary/aromatic N) is 1. The first-order chi connectivity index (χ1) is 11.8. The molecular weight excluding hydrogens is 296 g/mol. The minimum atomic E-state index is 0.191. The number of hydrogen-bond acceptors (Lipinski definition) is 3. The van der Waals surface area contributed by atoms with Crippen LogP contribution in [-0.2, 0) is 0 Å². The van der Waals surface area contributed by atoms with Crippen molar-refractivity contribution in [1.29, 1.82) is 0 Å². The number of benzene rings is 1. The van der Waals surface area contributed by atoms with Gasteiger partial charge in [-0.1, -0.05) is 31.5 Å². The number of aromatic nitrogens is 1. The number of rotatable bonds is 6. The van der Waals surface area contributed by atoms with Gasteiger partial charge in [-0.15, -0.1) is 0 Å². The molecule has 130 valence electrons. The second kappa shape index (κ2) is 7.69. The van der Waals surface area contributed by atoms with Gasteiger partial charge in [0.15, 0.2) is 1.41 Å². The van der Waals surface area contributed by atoms with Crippen LogP contribution in [-0.4, -0.2) is 11.0 Å². The molecule has 0 amide bonds. The van der Waals surface area contributed by atoms with Crippen LogP contribution in [0.3, 0.4) is 0 Å². The maximum absolute atomic E-state index is 8.55. The molecule has 24 heavy (non-hydrogen) atoms. The quantitative estimate of drug-likeness (QED) is 0.704. The van der Waals surface area contributed by atoms with Crippen molar-refractivity contribution in [3.8, 4) is 11.6 Å². The van der Waals surface area contributed by atoms with Gasteiger partial charge in [0.1, 0.15) is 5.75 Å². The Kier molecular flexibility index (Phi) is 5.39. The highest BCUT2D eigenvalue weighted by atomic mass is 16.5. The fourth-order valence-corrected chi connectivity index (χ4v) is 3.02. The van der Waals surface area contributed by atoms with E-state index in [1.54, 1.807) is 5.31 Å². The molecule has 0 unspecified atom stereocenters. The molecule has 3 heteroatoms. The molecular formula is C21H30N2O. The molecule has 1 aromatic carbocycles. The number of anilines is 1.